The van der Waals surface area contributed by atoms with E-state index in [0.717, 1.165) is 25.8 Å². The van der Waals surface area contributed by atoms with Crippen LogP contribution in [0.25, 0.3) is 0 Å². The van der Waals surface area contributed by atoms with Gasteiger partial charge in [0.15, 0.2) is 0 Å². The molecular formula is C20H32N2O. The SMILES string of the molecule is CC(C)N1CCC(N2CCC[C@H](O)[C@@H]2Cc2ccccc2)CC1. The van der Waals surface area contributed by atoms with Crippen LogP contribution in [0.2, 0.25) is 0 Å². The molecule has 0 bridgehead atoms. The first kappa shape index (κ1) is 16.9. The first-order valence-electron chi connectivity index (χ1n) is 9.37. The van der Waals surface area contributed by atoms with Crippen molar-refractivity contribution in [2.75, 3.05) is 19.6 Å². The van der Waals surface area contributed by atoms with E-state index in [0.29, 0.717) is 18.1 Å². The Morgan fingerprint density at radius 3 is 2.39 bits per heavy atom. The molecule has 2 heterocycles. The third-order valence-corrected chi connectivity index (χ3v) is 5.77. The van der Waals surface area contributed by atoms with Gasteiger partial charge in [0.25, 0.3) is 0 Å². The molecule has 3 rings (SSSR count). The molecule has 0 saturated carbocycles. The number of aliphatic hydroxyl groups excluding tert-OH is 1. The van der Waals surface area contributed by atoms with Gasteiger partial charge in [0.05, 0.1) is 6.10 Å². The van der Waals surface area contributed by atoms with Crippen LogP contribution in [0.1, 0.15) is 45.1 Å². The summed E-state index contributed by atoms with van der Waals surface area (Å²) in [6, 6.07) is 12.3. The van der Waals surface area contributed by atoms with Crippen molar-refractivity contribution in [1.82, 2.24) is 9.80 Å². The number of hydrogen-bond acceptors (Lipinski definition) is 3. The van der Waals surface area contributed by atoms with Crippen LogP contribution in [-0.2, 0) is 6.42 Å². The molecule has 1 aromatic rings. The third-order valence-electron chi connectivity index (χ3n) is 5.77. The summed E-state index contributed by atoms with van der Waals surface area (Å²) >= 11 is 0. The zero-order valence-electron chi connectivity index (χ0n) is 14.7. The minimum absolute atomic E-state index is 0.174. The van der Waals surface area contributed by atoms with Crippen molar-refractivity contribution < 1.29 is 5.11 Å². The lowest BCUT2D eigenvalue weighted by atomic mass is 9.89. The van der Waals surface area contributed by atoms with E-state index in [1.165, 1.54) is 31.5 Å². The minimum atomic E-state index is -0.174. The van der Waals surface area contributed by atoms with Crippen molar-refractivity contribution in [3.63, 3.8) is 0 Å². The van der Waals surface area contributed by atoms with Crippen LogP contribution in [-0.4, -0.2) is 58.8 Å². The number of likely N-dealkylation sites (tertiary alicyclic amines) is 2. The van der Waals surface area contributed by atoms with Crippen molar-refractivity contribution in [3.05, 3.63) is 35.9 Å². The van der Waals surface area contributed by atoms with E-state index in [1.54, 1.807) is 0 Å². The van der Waals surface area contributed by atoms with Gasteiger partial charge in [-0.25, -0.2) is 0 Å². The number of benzene rings is 1. The van der Waals surface area contributed by atoms with Gasteiger partial charge in [0.2, 0.25) is 0 Å². The number of nitrogens with zero attached hydrogens (tertiary/aromatic N) is 2. The molecular weight excluding hydrogens is 284 g/mol. The van der Waals surface area contributed by atoms with E-state index in [1.807, 2.05) is 0 Å². The third kappa shape index (κ3) is 4.14. The monoisotopic (exact) mass is 316 g/mol. The first-order chi connectivity index (χ1) is 11.1. The molecule has 3 nitrogen and oxygen atoms in total. The Labute approximate surface area is 141 Å². The highest BCUT2D eigenvalue weighted by Gasteiger charge is 2.36. The number of hydrogen-bond donors (Lipinski definition) is 1. The summed E-state index contributed by atoms with van der Waals surface area (Å²) in [5, 5.41) is 10.6. The van der Waals surface area contributed by atoms with Crippen LogP contribution in [0.4, 0.5) is 0 Å². The fourth-order valence-electron chi connectivity index (χ4n) is 4.36. The number of aliphatic hydroxyl groups is 1. The van der Waals surface area contributed by atoms with E-state index in [2.05, 4.69) is 54.0 Å². The van der Waals surface area contributed by atoms with Gasteiger partial charge in [-0.2, -0.15) is 0 Å². The lowest BCUT2D eigenvalue weighted by Crippen LogP contribution is -2.56. The van der Waals surface area contributed by atoms with Crippen molar-refractivity contribution in [2.24, 2.45) is 0 Å². The molecule has 2 aliphatic rings. The summed E-state index contributed by atoms with van der Waals surface area (Å²) in [4.78, 5) is 5.22. The van der Waals surface area contributed by atoms with E-state index < -0.39 is 0 Å². The lowest BCUT2D eigenvalue weighted by Gasteiger charge is -2.47. The summed E-state index contributed by atoms with van der Waals surface area (Å²) in [5.41, 5.74) is 1.35. The topological polar surface area (TPSA) is 26.7 Å². The van der Waals surface area contributed by atoms with Gasteiger partial charge in [-0.05, 0) is 71.1 Å². The Morgan fingerprint density at radius 1 is 1.04 bits per heavy atom. The Hall–Kier alpha value is -0.900. The van der Waals surface area contributed by atoms with Gasteiger partial charge in [0.1, 0.15) is 0 Å². The van der Waals surface area contributed by atoms with Gasteiger partial charge < -0.3 is 10.0 Å². The van der Waals surface area contributed by atoms with E-state index in [9.17, 15) is 5.11 Å². The van der Waals surface area contributed by atoms with Crippen LogP contribution in [0.15, 0.2) is 30.3 Å². The van der Waals surface area contributed by atoms with Gasteiger partial charge in [-0.1, -0.05) is 30.3 Å². The maximum Gasteiger partial charge on any atom is 0.0699 e. The van der Waals surface area contributed by atoms with Gasteiger partial charge in [-0.3, -0.25) is 4.90 Å². The molecule has 2 saturated heterocycles. The molecule has 0 radical (unpaired) electrons. The van der Waals surface area contributed by atoms with E-state index in [-0.39, 0.29) is 6.10 Å². The largest absolute Gasteiger partial charge is 0.391 e. The predicted molar refractivity (Wildman–Crippen MR) is 95.6 cm³/mol. The highest BCUT2D eigenvalue weighted by Crippen LogP contribution is 2.28. The molecule has 0 aromatic heterocycles. The Kier molecular flexibility index (Phi) is 5.73. The van der Waals surface area contributed by atoms with Crippen molar-refractivity contribution in [2.45, 2.75) is 70.2 Å². The summed E-state index contributed by atoms with van der Waals surface area (Å²) in [6.45, 7) is 8.15. The number of piperidine rings is 2. The smallest absolute Gasteiger partial charge is 0.0699 e. The molecule has 2 atom stereocenters. The molecule has 0 aliphatic carbocycles. The molecule has 2 fully saturated rings. The predicted octanol–water partition coefficient (Wildman–Crippen LogP) is 2.93. The second-order valence-corrected chi connectivity index (χ2v) is 7.57. The van der Waals surface area contributed by atoms with E-state index >= 15 is 0 Å². The average Bonchev–Trinajstić information content (AvgIpc) is 2.58. The zero-order valence-corrected chi connectivity index (χ0v) is 14.7. The molecule has 2 aliphatic heterocycles. The fraction of sp³-hybridized carbons (Fsp3) is 0.700. The van der Waals surface area contributed by atoms with Crippen LogP contribution in [0.5, 0.6) is 0 Å². The quantitative estimate of drug-likeness (QED) is 0.925. The van der Waals surface area contributed by atoms with E-state index in [4.69, 9.17) is 0 Å². The molecule has 128 valence electrons. The highest BCUT2D eigenvalue weighted by atomic mass is 16.3. The summed E-state index contributed by atoms with van der Waals surface area (Å²) < 4.78 is 0. The minimum Gasteiger partial charge on any atom is -0.391 e. The Balaban J connectivity index is 1.66. The zero-order chi connectivity index (χ0) is 16.2. The van der Waals surface area contributed by atoms with Crippen LogP contribution in [0, 0.1) is 0 Å². The second kappa shape index (κ2) is 7.78. The maximum atomic E-state index is 10.6. The van der Waals surface area contributed by atoms with Crippen molar-refractivity contribution in [3.8, 4) is 0 Å². The van der Waals surface area contributed by atoms with Crippen LogP contribution < -0.4 is 0 Å². The fourth-order valence-corrected chi connectivity index (χ4v) is 4.36. The Bertz CT molecular complexity index is 468. The molecule has 23 heavy (non-hydrogen) atoms. The maximum absolute atomic E-state index is 10.6. The van der Waals surface area contributed by atoms with Crippen LogP contribution in [0.3, 0.4) is 0 Å². The first-order valence-corrected chi connectivity index (χ1v) is 9.37. The second-order valence-electron chi connectivity index (χ2n) is 7.57. The highest BCUT2D eigenvalue weighted by molar-refractivity contribution is 5.17. The number of rotatable bonds is 4. The average molecular weight is 316 g/mol. The van der Waals surface area contributed by atoms with Crippen molar-refractivity contribution in [1.29, 1.82) is 0 Å². The van der Waals surface area contributed by atoms with Crippen molar-refractivity contribution >= 4 is 0 Å². The molecule has 1 N–H and O–H groups in total. The van der Waals surface area contributed by atoms with Crippen LogP contribution >= 0.6 is 0 Å². The van der Waals surface area contributed by atoms with Gasteiger partial charge in [0, 0.05) is 18.1 Å². The Morgan fingerprint density at radius 2 is 1.74 bits per heavy atom. The van der Waals surface area contributed by atoms with Gasteiger partial charge >= 0.3 is 0 Å². The van der Waals surface area contributed by atoms with Gasteiger partial charge in [-0.15, -0.1) is 0 Å². The molecule has 0 amide bonds. The molecule has 1 aromatic carbocycles. The standard InChI is InChI=1S/C20H32N2O/c1-16(2)21-13-10-18(11-14-21)22-12-6-9-20(23)19(22)15-17-7-4-3-5-8-17/h3-5,7-8,16,18-20,23H,6,9-15H2,1-2H3/t19-,20-/m0/s1. The summed E-state index contributed by atoms with van der Waals surface area (Å²) in [5.74, 6) is 0. The molecule has 0 unspecified atom stereocenters. The molecule has 0 spiro atoms. The molecule has 3 heteroatoms. The normalized spacial score (nSPS) is 28.3. The summed E-state index contributed by atoms with van der Waals surface area (Å²) in [6.07, 6.45) is 5.39. The summed E-state index contributed by atoms with van der Waals surface area (Å²) in [7, 11) is 0. The lowest BCUT2D eigenvalue weighted by molar-refractivity contribution is -0.0289.